The van der Waals surface area contributed by atoms with Gasteiger partial charge in [0.05, 0.1) is 34.8 Å². The number of hydrogen-bond donors (Lipinski definition) is 0. The first-order valence-electron chi connectivity index (χ1n) is 8.94. The number of carbonyl (C=O) groups excluding carboxylic acids is 1. The highest BCUT2D eigenvalue weighted by Crippen LogP contribution is 2.23. The fraction of sp³-hybridized carbons (Fsp3) is 0.238. The van der Waals surface area contributed by atoms with Crippen molar-refractivity contribution >= 4 is 40.2 Å². The second kappa shape index (κ2) is 9.12. The number of hydrogen-bond acceptors (Lipinski definition) is 5. The van der Waals surface area contributed by atoms with Gasteiger partial charge in [-0.25, -0.2) is 4.98 Å². The molecule has 2 aromatic carbocycles. The molecule has 0 aliphatic rings. The summed E-state index contributed by atoms with van der Waals surface area (Å²) < 4.78 is 1.52. The summed E-state index contributed by atoms with van der Waals surface area (Å²) in [6, 6.07) is 14.5. The maximum atomic E-state index is 13.2. The molecule has 0 N–H and O–H groups in total. The molecule has 0 saturated heterocycles. The highest BCUT2D eigenvalue weighted by Gasteiger charge is 2.16. The summed E-state index contributed by atoms with van der Waals surface area (Å²) in [6.45, 7) is 2.31. The largest absolute Gasteiger partial charge is 0.344 e. The molecular weight excluding hydrogens is 408 g/mol. The van der Waals surface area contributed by atoms with E-state index >= 15 is 0 Å². The number of rotatable bonds is 6. The van der Waals surface area contributed by atoms with Crippen molar-refractivity contribution in [3.05, 3.63) is 63.4 Å². The monoisotopic (exact) mass is 426 g/mol. The molecule has 0 bridgehead atoms. The Labute approximate surface area is 177 Å². The van der Waals surface area contributed by atoms with Crippen LogP contribution >= 0.6 is 23.4 Å². The number of amides is 1. The van der Waals surface area contributed by atoms with E-state index in [0.29, 0.717) is 33.3 Å². The van der Waals surface area contributed by atoms with Gasteiger partial charge in [0, 0.05) is 18.6 Å². The van der Waals surface area contributed by atoms with Gasteiger partial charge in [-0.05, 0) is 42.8 Å². The molecule has 0 atom stereocenters. The van der Waals surface area contributed by atoms with E-state index in [1.54, 1.807) is 25.2 Å². The normalized spacial score (nSPS) is 10.7. The maximum absolute atomic E-state index is 13.2. The van der Waals surface area contributed by atoms with Crippen LogP contribution in [0.1, 0.15) is 12.0 Å². The first-order valence-corrected chi connectivity index (χ1v) is 10.3. The van der Waals surface area contributed by atoms with Crippen molar-refractivity contribution in [3.8, 4) is 11.8 Å². The Kier molecular flexibility index (Phi) is 6.57. The first-order chi connectivity index (χ1) is 13.9. The number of fused-ring (bicyclic) bond motifs is 1. The van der Waals surface area contributed by atoms with Crippen LogP contribution in [0.5, 0.6) is 0 Å². The summed E-state index contributed by atoms with van der Waals surface area (Å²) in [7, 11) is 1.65. The molecule has 0 saturated carbocycles. The van der Waals surface area contributed by atoms with Crippen molar-refractivity contribution in [1.82, 2.24) is 14.5 Å². The minimum atomic E-state index is -0.218. The van der Waals surface area contributed by atoms with Crippen molar-refractivity contribution in [2.75, 3.05) is 19.3 Å². The Morgan fingerprint density at radius 1 is 1.31 bits per heavy atom. The molecule has 3 aromatic rings. The van der Waals surface area contributed by atoms with Crippen LogP contribution in [0.3, 0.4) is 0 Å². The van der Waals surface area contributed by atoms with Gasteiger partial charge in [-0.2, -0.15) is 5.26 Å². The Balaban J connectivity index is 2.04. The lowest BCUT2D eigenvalue weighted by atomic mass is 10.2. The average molecular weight is 427 g/mol. The summed E-state index contributed by atoms with van der Waals surface area (Å²) in [5, 5.41) is 10.0. The summed E-state index contributed by atoms with van der Waals surface area (Å²) in [6.07, 6.45) is 0.271. The third-order valence-corrected chi connectivity index (χ3v) is 5.53. The minimum absolute atomic E-state index is 0.103. The molecule has 0 spiro atoms. The summed E-state index contributed by atoms with van der Waals surface area (Å²) in [5.74, 6) is -0.0341. The van der Waals surface area contributed by atoms with Crippen LogP contribution in [0, 0.1) is 18.3 Å². The zero-order valence-electron chi connectivity index (χ0n) is 16.1. The van der Waals surface area contributed by atoms with Crippen LogP contribution in [0.25, 0.3) is 16.6 Å². The van der Waals surface area contributed by atoms with Crippen LogP contribution in [0.15, 0.2) is 52.4 Å². The van der Waals surface area contributed by atoms with Gasteiger partial charge >= 0.3 is 0 Å². The first kappa shape index (κ1) is 20.9. The average Bonchev–Trinajstić information content (AvgIpc) is 2.69. The highest BCUT2D eigenvalue weighted by atomic mass is 35.5. The van der Waals surface area contributed by atoms with Crippen molar-refractivity contribution in [2.24, 2.45) is 0 Å². The minimum Gasteiger partial charge on any atom is -0.344 e. The summed E-state index contributed by atoms with van der Waals surface area (Å²) in [5.41, 5.74) is 1.96. The molecule has 29 heavy (non-hydrogen) atoms. The van der Waals surface area contributed by atoms with Crippen molar-refractivity contribution in [3.63, 3.8) is 0 Å². The molecule has 6 nitrogen and oxygen atoms in total. The summed E-state index contributed by atoms with van der Waals surface area (Å²) >= 11 is 7.26. The van der Waals surface area contributed by atoms with E-state index in [1.807, 2.05) is 37.3 Å². The molecular formula is C21H19ClN4O2S. The zero-order valence-corrected chi connectivity index (χ0v) is 17.6. The van der Waals surface area contributed by atoms with Gasteiger partial charge in [-0.1, -0.05) is 35.5 Å². The predicted molar refractivity (Wildman–Crippen MR) is 116 cm³/mol. The van der Waals surface area contributed by atoms with Gasteiger partial charge in [0.1, 0.15) is 0 Å². The van der Waals surface area contributed by atoms with Crippen molar-refractivity contribution in [1.29, 1.82) is 5.26 Å². The second-order valence-corrected chi connectivity index (χ2v) is 7.93. The van der Waals surface area contributed by atoms with E-state index in [1.165, 1.54) is 21.2 Å². The second-order valence-electron chi connectivity index (χ2n) is 6.55. The van der Waals surface area contributed by atoms with Crippen LogP contribution in [0.2, 0.25) is 5.02 Å². The molecule has 1 aromatic heterocycles. The van der Waals surface area contributed by atoms with Gasteiger partial charge in [0.15, 0.2) is 5.16 Å². The molecule has 0 unspecified atom stereocenters. The number of nitrogens with zero attached hydrogens (tertiary/aromatic N) is 4. The van der Waals surface area contributed by atoms with Crippen molar-refractivity contribution in [2.45, 2.75) is 18.5 Å². The number of nitriles is 1. The maximum Gasteiger partial charge on any atom is 0.266 e. The lowest BCUT2D eigenvalue weighted by Crippen LogP contribution is -2.29. The Morgan fingerprint density at radius 3 is 2.83 bits per heavy atom. The third-order valence-electron chi connectivity index (χ3n) is 4.37. The van der Waals surface area contributed by atoms with Gasteiger partial charge in [0.25, 0.3) is 5.56 Å². The van der Waals surface area contributed by atoms with E-state index in [4.69, 9.17) is 16.9 Å². The molecule has 148 valence electrons. The standard InChI is InChI=1S/C21H19ClN4O2S/c1-14-5-3-6-16(11-14)26-20(28)17-8-7-15(22)12-18(17)24-21(26)29-13-19(27)25(2)10-4-9-23/h3,5-8,11-12H,4,10,13H2,1-2H3. The summed E-state index contributed by atoms with van der Waals surface area (Å²) in [4.78, 5) is 31.7. The Hall–Kier alpha value is -2.82. The fourth-order valence-corrected chi connectivity index (χ4v) is 3.93. The van der Waals surface area contributed by atoms with Crippen LogP contribution in [-0.2, 0) is 4.79 Å². The van der Waals surface area contributed by atoms with Crippen LogP contribution < -0.4 is 5.56 Å². The van der Waals surface area contributed by atoms with Gasteiger partial charge in [-0.15, -0.1) is 0 Å². The smallest absolute Gasteiger partial charge is 0.266 e. The number of carbonyl (C=O) groups is 1. The van der Waals surface area contributed by atoms with E-state index in [2.05, 4.69) is 4.98 Å². The van der Waals surface area contributed by atoms with Crippen LogP contribution in [-0.4, -0.2) is 39.7 Å². The van der Waals surface area contributed by atoms with Crippen LogP contribution in [0.4, 0.5) is 0 Å². The molecule has 0 aliphatic carbocycles. The lowest BCUT2D eigenvalue weighted by molar-refractivity contribution is -0.127. The quantitative estimate of drug-likeness (QED) is 0.442. The molecule has 0 radical (unpaired) electrons. The highest BCUT2D eigenvalue weighted by molar-refractivity contribution is 7.99. The topological polar surface area (TPSA) is 79.0 Å². The number of aromatic nitrogens is 2. The zero-order chi connectivity index (χ0) is 21.0. The molecule has 8 heteroatoms. The molecule has 3 rings (SSSR count). The molecule has 1 amide bonds. The van der Waals surface area contributed by atoms with Gasteiger partial charge in [-0.3, -0.25) is 14.2 Å². The molecule has 1 heterocycles. The Bertz CT molecular complexity index is 1170. The lowest BCUT2D eigenvalue weighted by Gasteiger charge is -2.17. The van der Waals surface area contributed by atoms with Gasteiger partial charge < -0.3 is 4.90 Å². The molecule has 0 fully saturated rings. The van der Waals surface area contributed by atoms with E-state index in [-0.39, 0.29) is 23.6 Å². The number of halogens is 1. The fourth-order valence-electron chi connectivity index (χ4n) is 2.81. The van der Waals surface area contributed by atoms with Crippen molar-refractivity contribution < 1.29 is 4.79 Å². The number of benzene rings is 2. The van der Waals surface area contributed by atoms with E-state index in [0.717, 1.165) is 5.56 Å². The Morgan fingerprint density at radius 2 is 2.10 bits per heavy atom. The van der Waals surface area contributed by atoms with E-state index in [9.17, 15) is 9.59 Å². The SMILES string of the molecule is Cc1cccc(-n2c(SCC(=O)N(C)CCC#N)nc3cc(Cl)ccc3c2=O)c1. The third kappa shape index (κ3) is 4.78. The number of thioether (sulfide) groups is 1. The predicted octanol–water partition coefficient (Wildman–Crippen LogP) is 3.81. The number of aryl methyl sites for hydroxylation is 1. The molecule has 0 aliphatic heterocycles. The van der Waals surface area contributed by atoms with Gasteiger partial charge in [0.2, 0.25) is 5.91 Å². The van der Waals surface area contributed by atoms with E-state index < -0.39 is 0 Å².